The van der Waals surface area contributed by atoms with Gasteiger partial charge in [0.15, 0.2) is 5.16 Å². The summed E-state index contributed by atoms with van der Waals surface area (Å²) >= 11 is 1.23. The van der Waals surface area contributed by atoms with Gasteiger partial charge in [-0.3, -0.25) is 4.79 Å². The van der Waals surface area contributed by atoms with Crippen molar-refractivity contribution in [1.29, 1.82) is 0 Å². The third kappa shape index (κ3) is 3.27. The number of carbonyl (C=O) groups excluding carboxylic acids is 1. The molecule has 0 saturated carbocycles. The molecule has 16 heavy (non-hydrogen) atoms. The monoisotopic (exact) mass is 241 g/mol. The first-order valence-corrected chi connectivity index (χ1v) is 5.56. The Morgan fingerprint density at radius 1 is 1.38 bits per heavy atom. The highest BCUT2D eigenvalue weighted by Crippen LogP contribution is 2.22. The molecule has 0 fully saturated rings. The zero-order chi connectivity index (χ0) is 12.3. The Kier molecular flexibility index (Phi) is 3.94. The van der Waals surface area contributed by atoms with Gasteiger partial charge in [0.25, 0.3) is 0 Å². The summed E-state index contributed by atoms with van der Waals surface area (Å²) in [7, 11) is 3.40. The molecule has 1 rings (SSSR count). The van der Waals surface area contributed by atoms with Gasteiger partial charge in [0.05, 0.1) is 5.25 Å². The van der Waals surface area contributed by atoms with Crippen LogP contribution in [-0.2, 0) is 4.79 Å². The fourth-order valence-corrected chi connectivity index (χ4v) is 2.03. The van der Waals surface area contributed by atoms with Crippen molar-refractivity contribution in [2.45, 2.75) is 17.3 Å². The zero-order valence-electron chi connectivity index (χ0n) is 9.47. The minimum atomic E-state index is -0.267. The van der Waals surface area contributed by atoms with Crippen LogP contribution in [0.15, 0.2) is 11.2 Å². The van der Waals surface area contributed by atoms with Crippen molar-refractivity contribution in [2.24, 2.45) is 0 Å². The van der Waals surface area contributed by atoms with Crippen LogP contribution in [0.2, 0.25) is 0 Å². The first-order valence-electron chi connectivity index (χ1n) is 4.68. The molecule has 1 amide bonds. The van der Waals surface area contributed by atoms with Crippen LogP contribution in [0.5, 0.6) is 0 Å². The van der Waals surface area contributed by atoms with Crippen molar-refractivity contribution in [1.82, 2.24) is 14.9 Å². The highest BCUT2D eigenvalue weighted by atomic mass is 32.2. The molecule has 4 N–H and O–H groups in total. The lowest BCUT2D eigenvalue weighted by Gasteiger charge is -2.15. The zero-order valence-corrected chi connectivity index (χ0v) is 10.3. The second-order valence-corrected chi connectivity index (χ2v) is 4.80. The van der Waals surface area contributed by atoms with Gasteiger partial charge in [-0.25, -0.2) is 9.97 Å². The molecule has 1 unspecified atom stereocenters. The quantitative estimate of drug-likeness (QED) is 0.580. The summed E-state index contributed by atoms with van der Waals surface area (Å²) in [5, 5.41) is 0.149. The molecule has 1 aromatic rings. The molecular weight excluding hydrogens is 226 g/mol. The van der Waals surface area contributed by atoms with Crippen LogP contribution in [0.1, 0.15) is 6.92 Å². The fourth-order valence-electron chi connectivity index (χ4n) is 1.09. The van der Waals surface area contributed by atoms with E-state index in [-0.39, 0.29) is 11.2 Å². The largest absolute Gasteiger partial charge is 0.383 e. The van der Waals surface area contributed by atoms with E-state index < -0.39 is 0 Å². The van der Waals surface area contributed by atoms with Gasteiger partial charge in [-0.05, 0) is 6.92 Å². The summed E-state index contributed by atoms with van der Waals surface area (Å²) in [6.07, 6.45) is 0. The van der Waals surface area contributed by atoms with Gasteiger partial charge >= 0.3 is 0 Å². The van der Waals surface area contributed by atoms with Gasteiger partial charge in [0.2, 0.25) is 5.91 Å². The van der Waals surface area contributed by atoms with Crippen molar-refractivity contribution in [2.75, 3.05) is 25.6 Å². The van der Waals surface area contributed by atoms with E-state index >= 15 is 0 Å². The second-order valence-electron chi connectivity index (χ2n) is 3.49. The van der Waals surface area contributed by atoms with Crippen LogP contribution in [0, 0.1) is 0 Å². The number of aromatic nitrogens is 2. The number of carbonyl (C=O) groups is 1. The highest BCUT2D eigenvalue weighted by Gasteiger charge is 2.17. The molecule has 0 aliphatic rings. The number of hydrogen-bond donors (Lipinski definition) is 2. The number of nitrogens with zero attached hydrogens (tertiary/aromatic N) is 3. The molecule has 1 atom stereocenters. The average molecular weight is 241 g/mol. The Hall–Kier alpha value is -1.50. The van der Waals surface area contributed by atoms with Gasteiger partial charge < -0.3 is 16.4 Å². The number of hydrogen-bond acceptors (Lipinski definition) is 6. The lowest BCUT2D eigenvalue weighted by atomic mass is 10.4. The van der Waals surface area contributed by atoms with E-state index in [1.807, 2.05) is 0 Å². The van der Waals surface area contributed by atoms with E-state index in [0.29, 0.717) is 16.8 Å². The Labute approximate surface area is 98.4 Å². The maximum Gasteiger partial charge on any atom is 0.235 e. The predicted molar refractivity (Wildman–Crippen MR) is 64.9 cm³/mol. The van der Waals surface area contributed by atoms with Crippen molar-refractivity contribution in [3.05, 3.63) is 6.07 Å². The summed E-state index contributed by atoms with van der Waals surface area (Å²) < 4.78 is 0. The summed E-state index contributed by atoms with van der Waals surface area (Å²) in [6, 6.07) is 1.47. The number of anilines is 2. The third-order valence-electron chi connectivity index (χ3n) is 1.82. The van der Waals surface area contributed by atoms with Crippen LogP contribution in [-0.4, -0.2) is 40.1 Å². The minimum absolute atomic E-state index is 0.00500. The van der Waals surface area contributed by atoms with E-state index in [1.165, 1.54) is 22.7 Å². The lowest BCUT2D eigenvalue weighted by molar-refractivity contribution is -0.127. The fraction of sp³-hybridized carbons (Fsp3) is 0.444. The molecule has 7 heteroatoms. The molecule has 1 heterocycles. The van der Waals surface area contributed by atoms with Crippen LogP contribution in [0.4, 0.5) is 11.6 Å². The van der Waals surface area contributed by atoms with Crippen molar-refractivity contribution in [3.63, 3.8) is 0 Å². The Bertz CT molecular complexity index is 375. The van der Waals surface area contributed by atoms with E-state index in [2.05, 4.69) is 9.97 Å². The van der Waals surface area contributed by atoms with E-state index in [4.69, 9.17) is 11.5 Å². The summed E-state index contributed by atoms with van der Waals surface area (Å²) in [5.74, 6) is 0.605. The van der Waals surface area contributed by atoms with Crippen LogP contribution < -0.4 is 11.5 Å². The smallest absolute Gasteiger partial charge is 0.235 e. The van der Waals surface area contributed by atoms with Crippen LogP contribution >= 0.6 is 11.8 Å². The molecule has 0 bridgehead atoms. The molecule has 88 valence electrons. The van der Waals surface area contributed by atoms with E-state index in [9.17, 15) is 4.79 Å². The first-order chi connectivity index (χ1) is 7.40. The SMILES string of the molecule is CC(Sc1nc(N)cc(N)n1)C(=O)N(C)C. The number of rotatable bonds is 3. The average Bonchev–Trinajstić information content (AvgIpc) is 2.14. The molecular formula is C9H15N5OS. The topological polar surface area (TPSA) is 98.1 Å². The van der Waals surface area contributed by atoms with Gasteiger partial charge in [-0.2, -0.15) is 0 Å². The lowest BCUT2D eigenvalue weighted by Crippen LogP contribution is -2.29. The summed E-state index contributed by atoms with van der Waals surface area (Å²) in [6.45, 7) is 1.79. The highest BCUT2D eigenvalue weighted by molar-refractivity contribution is 8.00. The number of nitrogen functional groups attached to an aromatic ring is 2. The van der Waals surface area contributed by atoms with Crippen molar-refractivity contribution < 1.29 is 4.79 Å². The normalized spacial score (nSPS) is 12.2. The molecule has 0 aliphatic heterocycles. The van der Waals surface area contributed by atoms with Gasteiger partial charge in [0.1, 0.15) is 11.6 Å². The molecule has 0 radical (unpaired) electrons. The maximum absolute atomic E-state index is 11.6. The Morgan fingerprint density at radius 3 is 2.31 bits per heavy atom. The van der Waals surface area contributed by atoms with Crippen LogP contribution in [0.3, 0.4) is 0 Å². The maximum atomic E-state index is 11.6. The second kappa shape index (κ2) is 5.02. The summed E-state index contributed by atoms with van der Waals surface area (Å²) in [5.41, 5.74) is 11.1. The van der Waals surface area contributed by atoms with Crippen molar-refractivity contribution in [3.8, 4) is 0 Å². The summed E-state index contributed by atoms with van der Waals surface area (Å²) in [4.78, 5) is 21.1. The number of amides is 1. The molecule has 1 aromatic heterocycles. The van der Waals surface area contributed by atoms with E-state index in [0.717, 1.165) is 0 Å². The minimum Gasteiger partial charge on any atom is -0.383 e. The van der Waals surface area contributed by atoms with E-state index in [1.54, 1.807) is 21.0 Å². The Morgan fingerprint density at radius 2 is 1.88 bits per heavy atom. The van der Waals surface area contributed by atoms with Gasteiger partial charge in [-0.15, -0.1) is 0 Å². The third-order valence-corrected chi connectivity index (χ3v) is 2.76. The molecule has 0 aromatic carbocycles. The van der Waals surface area contributed by atoms with Gasteiger partial charge in [0, 0.05) is 20.2 Å². The standard InChI is InChI=1S/C9H15N5OS/c1-5(8(15)14(2)3)16-9-12-6(10)4-7(11)13-9/h4-5H,1-3H3,(H4,10,11,12,13). The van der Waals surface area contributed by atoms with Crippen LogP contribution in [0.25, 0.3) is 0 Å². The number of nitrogens with two attached hydrogens (primary N) is 2. The molecule has 6 nitrogen and oxygen atoms in total. The number of thioether (sulfide) groups is 1. The molecule has 0 aliphatic carbocycles. The molecule has 0 saturated heterocycles. The molecule has 0 spiro atoms. The Balaban J connectivity index is 2.76. The predicted octanol–water partition coefficient (Wildman–Crippen LogP) is 0.210. The first kappa shape index (κ1) is 12.6. The van der Waals surface area contributed by atoms with Gasteiger partial charge in [-0.1, -0.05) is 11.8 Å². The van der Waals surface area contributed by atoms with Crippen molar-refractivity contribution >= 4 is 29.3 Å².